The summed E-state index contributed by atoms with van der Waals surface area (Å²) >= 11 is 13.2. The second kappa shape index (κ2) is 9.86. The van der Waals surface area contributed by atoms with Crippen molar-refractivity contribution in [2.45, 2.75) is 25.5 Å². The molecule has 31 heavy (non-hydrogen) atoms. The SMILES string of the molecule is CON=Cc1nc(N2CC[C@@H](NC(=O)c3[nH]c(C)c(Cl)c3Cl)[C@@H](OC)C2)sc1C(=O)O. The van der Waals surface area contributed by atoms with Crippen LogP contribution in [0.25, 0.3) is 0 Å². The fourth-order valence-electron chi connectivity index (χ4n) is 3.26. The van der Waals surface area contributed by atoms with Gasteiger partial charge in [0.05, 0.1) is 28.4 Å². The van der Waals surface area contributed by atoms with E-state index in [-0.39, 0.29) is 39.3 Å². The number of carbonyl (C=O) groups excluding carboxylic acids is 1. The summed E-state index contributed by atoms with van der Waals surface area (Å²) in [4.78, 5) is 38.1. The standard InChI is InChI=1S/C18H21Cl2N5O5S/c1-8-12(19)13(20)14(22-8)16(26)23-9-4-5-25(7-11(9)29-2)18-24-10(6-21-30-3)15(31-18)17(27)28/h6,9,11,22H,4-5,7H2,1-3H3,(H,23,26)(H,27,28)/t9-,11+/m1/s1. The Morgan fingerprint density at radius 1 is 1.39 bits per heavy atom. The van der Waals surface area contributed by atoms with Crippen molar-refractivity contribution in [3.8, 4) is 0 Å². The monoisotopic (exact) mass is 489 g/mol. The van der Waals surface area contributed by atoms with Crippen LogP contribution in [-0.2, 0) is 9.57 Å². The van der Waals surface area contributed by atoms with Crippen molar-refractivity contribution in [3.05, 3.63) is 32.0 Å². The van der Waals surface area contributed by atoms with Crippen LogP contribution in [-0.4, -0.2) is 72.6 Å². The molecular weight excluding hydrogens is 469 g/mol. The van der Waals surface area contributed by atoms with E-state index in [1.807, 2.05) is 4.90 Å². The largest absolute Gasteiger partial charge is 0.477 e. The highest BCUT2D eigenvalue weighted by Gasteiger charge is 2.33. The van der Waals surface area contributed by atoms with Gasteiger partial charge in [-0.25, -0.2) is 9.78 Å². The maximum absolute atomic E-state index is 12.7. The molecule has 2 aromatic heterocycles. The second-order valence-corrected chi connectivity index (χ2v) is 8.51. The molecule has 1 aliphatic rings. The number of aromatic amines is 1. The summed E-state index contributed by atoms with van der Waals surface area (Å²) in [7, 11) is 2.92. The van der Waals surface area contributed by atoms with E-state index < -0.39 is 5.97 Å². The van der Waals surface area contributed by atoms with E-state index in [4.69, 9.17) is 27.9 Å². The highest BCUT2D eigenvalue weighted by Crippen LogP contribution is 2.31. The number of aromatic nitrogens is 2. The van der Waals surface area contributed by atoms with Crippen LogP contribution in [0.1, 0.15) is 38.0 Å². The summed E-state index contributed by atoms with van der Waals surface area (Å²) in [5, 5.41) is 17.0. The van der Waals surface area contributed by atoms with Gasteiger partial charge in [0.1, 0.15) is 23.4 Å². The van der Waals surface area contributed by atoms with Gasteiger partial charge in [0.2, 0.25) is 0 Å². The van der Waals surface area contributed by atoms with E-state index in [2.05, 4.69) is 25.3 Å². The molecule has 2 atom stereocenters. The van der Waals surface area contributed by atoms with E-state index in [1.165, 1.54) is 13.3 Å². The number of aryl methyl sites for hydroxylation is 1. The normalized spacial score (nSPS) is 19.1. The van der Waals surface area contributed by atoms with E-state index in [1.54, 1.807) is 14.0 Å². The van der Waals surface area contributed by atoms with Gasteiger partial charge in [-0.1, -0.05) is 39.7 Å². The number of carbonyl (C=O) groups is 2. The molecule has 0 unspecified atom stereocenters. The van der Waals surface area contributed by atoms with Crippen molar-refractivity contribution in [1.29, 1.82) is 0 Å². The maximum Gasteiger partial charge on any atom is 0.348 e. The highest BCUT2D eigenvalue weighted by atomic mass is 35.5. The molecule has 3 heterocycles. The smallest absolute Gasteiger partial charge is 0.348 e. The van der Waals surface area contributed by atoms with Gasteiger partial charge in [-0.05, 0) is 13.3 Å². The van der Waals surface area contributed by atoms with Crippen LogP contribution >= 0.6 is 34.5 Å². The Morgan fingerprint density at radius 2 is 2.13 bits per heavy atom. The number of anilines is 1. The van der Waals surface area contributed by atoms with Gasteiger partial charge in [-0.2, -0.15) is 0 Å². The molecule has 0 aromatic carbocycles. The van der Waals surface area contributed by atoms with Gasteiger partial charge in [-0.3, -0.25) is 4.79 Å². The zero-order valence-corrected chi connectivity index (χ0v) is 19.3. The first-order valence-electron chi connectivity index (χ1n) is 9.19. The lowest BCUT2D eigenvalue weighted by Gasteiger charge is -2.37. The Hall–Kier alpha value is -2.34. The number of carboxylic acids is 1. The Labute approximate surface area is 192 Å². The second-order valence-electron chi connectivity index (χ2n) is 6.77. The quantitative estimate of drug-likeness (QED) is 0.402. The first-order valence-corrected chi connectivity index (χ1v) is 10.8. The third-order valence-corrected chi connectivity index (χ3v) is 6.91. The summed E-state index contributed by atoms with van der Waals surface area (Å²) in [6.45, 7) is 2.68. The number of halogens is 2. The minimum atomic E-state index is -1.09. The van der Waals surface area contributed by atoms with Crippen molar-refractivity contribution >= 4 is 57.8 Å². The van der Waals surface area contributed by atoms with Crippen LogP contribution in [0.5, 0.6) is 0 Å². The molecule has 168 valence electrons. The average Bonchev–Trinajstić information content (AvgIpc) is 3.29. The molecule has 1 fully saturated rings. The zero-order valence-electron chi connectivity index (χ0n) is 16.9. The lowest BCUT2D eigenvalue weighted by molar-refractivity contribution is 0.0540. The summed E-state index contributed by atoms with van der Waals surface area (Å²) in [6.07, 6.45) is 1.47. The Kier molecular flexibility index (Phi) is 7.42. The van der Waals surface area contributed by atoms with Crippen LogP contribution in [0, 0.1) is 6.92 Å². The number of ether oxygens (including phenoxy) is 1. The number of aromatic carboxylic acids is 1. The van der Waals surface area contributed by atoms with Gasteiger partial charge in [0.15, 0.2) is 5.13 Å². The van der Waals surface area contributed by atoms with E-state index in [9.17, 15) is 14.7 Å². The van der Waals surface area contributed by atoms with Gasteiger partial charge in [0, 0.05) is 25.9 Å². The summed E-state index contributed by atoms with van der Waals surface area (Å²) in [5.41, 5.74) is 1.03. The van der Waals surface area contributed by atoms with Crippen molar-refractivity contribution in [2.75, 3.05) is 32.2 Å². The first-order chi connectivity index (χ1) is 14.8. The highest BCUT2D eigenvalue weighted by molar-refractivity contribution is 7.17. The van der Waals surface area contributed by atoms with Crippen LogP contribution in [0.2, 0.25) is 10.0 Å². The number of rotatable bonds is 7. The molecule has 1 amide bonds. The minimum Gasteiger partial charge on any atom is -0.477 e. The molecule has 10 nitrogen and oxygen atoms in total. The van der Waals surface area contributed by atoms with Gasteiger partial charge in [0.25, 0.3) is 5.91 Å². The number of hydrogen-bond donors (Lipinski definition) is 3. The van der Waals surface area contributed by atoms with E-state index in [0.717, 1.165) is 11.3 Å². The molecule has 0 spiro atoms. The number of piperidine rings is 1. The average molecular weight is 490 g/mol. The van der Waals surface area contributed by atoms with Crippen LogP contribution < -0.4 is 10.2 Å². The first kappa shape index (κ1) is 23.3. The molecule has 3 N–H and O–H groups in total. The van der Waals surface area contributed by atoms with Gasteiger partial charge < -0.3 is 29.9 Å². The number of carboxylic acid groups (broad SMARTS) is 1. The molecule has 13 heteroatoms. The molecule has 0 aliphatic carbocycles. The number of nitrogens with one attached hydrogen (secondary N) is 2. The Morgan fingerprint density at radius 3 is 2.71 bits per heavy atom. The van der Waals surface area contributed by atoms with Crippen LogP contribution in [0.15, 0.2) is 5.16 Å². The number of amides is 1. The summed E-state index contributed by atoms with van der Waals surface area (Å²) < 4.78 is 5.59. The fourth-order valence-corrected chi connectivity index (χ4v) is 4.59. The summed E-state index contributed by atoms with van der Waals surface area (Å²) in [5.74, 6) is -1.47. The number of oxime groups is 1. The Bertz CT molecular complexity index is 1010. The topological polar surface area (TPSA) is 129 Å². The molecule has 1 saturated heterocycles. The van der Waals surface area contributed by atoms with Crippen LogP contribution in [0.3, 0.4) is 0 Å². The van der Waals surface area contributed by atoms with Crippen molar-refractivity contribution < 1.29 is 24.3 Å². The fraction of sp³-hybridized carbons (Fsp3) is 0.444. The maximum atomic E-state index is 12.7. The lowest BCUT2D eigenvalue weighted by Crippen LogP contribution is -2.55. The predicted molar refractivity (Wildman–Crippen MR) is 118 cm³/mol. The van der Waals surface area contributed by atoms with Crippen LogP contribution in [0.4, 0.5) is 5.13 Å². The lowest BCUT2D eigenvalue weighted by atomic mass is 10.0. The summed E-state index contributed by atoms with van der Waals surface area (Å²) in [6, 6.07) is -0.277. The molecule has 2 aromatic rings. The Balaban J connectivity index is 1.73. The number of thiazole rings is 1. The number of hydrogen-bond acceptors (Lipinski definition) is 8. The molecule has 0 bridgehead atoms. The molecule has 0 radical (unpaired) electrons. The zero-order chi connectivity index (χ0) is 22.7. The third kappa shape index (κ3) is 4.95. The predicted octanol–water partition coefficient (Wildman–Crippen LogP) is 2.79. The minimum absolute atomic E-state index is 0.0637. The molecule has 3 rings (SSSR count). The number of nitrogens with zero attached hydrogens (tertiary/aromatic N) is 3. The number of methoxy groups -OCH3 is 1. The van der Waals surface area contributed by atoms with E-state index >= 15 is 0 Å². The van der Waals surface area contributed by atoms with Gasteiger partial charge >= 0.3 is 5.97 Å². The third-order valence-electron chi connectivity index (χ3n) is 4.85. The molecular formula is C18H21Cl2N5O5S. The van der Waals surface area contributed by atoms with Crippen molar-refractivity contribution in [1.82, 2.24) is 15.3 Å². The molecule has 1 aliphatic heterocycles. The van der Waals surface area contributed by atoms with Crippen molar-refractivity contribution in [2.24, 2.45) is 5.16 Å². The van der Waals surface area contributed by atoms with Gasteiger partial charge in [-0.15, -0.1) is 0 Å². The van der Waals surface area contributed by atoms with E-state index in [0.29, 0.717) is 35.4 Å². The van der Waals surface area contributed by atoms with Crippen molar-refractivity contribution in [3.63, 3.8) is 0 Å². The molecule has 0 saturated carbocycles. The number of H-pyrrole nitrogens is 1.